The molecular formula is C20H15FN4O5. The highest BCUT2D eigenvalue weighted by Crippen LogP contribution is 2.34. The van der Waals surface area contributed by atoms with Gasteiger partial charge in [-0.1, -0.05) is 6.07 Å². The highest BCUT2D eigenvalue weighted by molar-refractivity contribution is 6.08. The van der Waals surface area contributed by atoms with Crippen molar-refractivity contribution in [1.82, 2.24) is 20.5 Å². The van der Waals surface area contributed by atoms with Crippen molar-refractivity contribution >= 4 is 28.9 Å². The van der Waals surface area contributed by atoms with Gasteiger partial charge in [-0.25, -0.2) is 14.2 Å². The van der Waals surface area contributed by atoms with Gasteiger partial charge in [0.2, 0.25) is 0 Å². The molecule has 1 fully saturated rings. The number of methoxy groups -OCH3 is 1. The lowest BCUT2D eigenvalue weighted by atomic mass is 9.95. The average Bonchev–Trinajstić information content (AvgIpc) is 3.36. The zero-order chi connectivity index (χ0) is 21.0. The first kappa shape index (κ1) is 18.1. The minimum absolute atomic E-state index is 0.0558. The predicted octanol–water partition coefficient (Wildman–Crippen LogP) is 1.67. The molecule has 0 bridgehead atoms. The second-order valence-electron chi connectivity index (χ2n) is 7.15. The fourth-order valence-electron chi connectivity index (χ4n) is 3.84. The Morgan fingerprint density at radius 3 is 2.83 bits per heavy atom. The molecule has 3 aromatic rings. The van der Waals surface area contributed by atoms with Crippen molar-refractivity contribution in [3.8, 4) is 5.75 Å². The average molecular weight is 410 g/mol. The molecule has 1 atom stereocenters. The summed E-state index contributed by atoms with van der Waals surface area (Å²) in [6, 6.07) is 7.03. The molecule has 2 N–H and O–H groups in total. The Morgan fingerprint density at radius 1 is 1.27 bits per heavy atom. The monoisotopic (exact) mass is 410 g/mol. The van der Waals surface area contributed by atoms with Crippen molar-refractivity contribution in [3.63, 3.8) is 0 Å². The number of carbonyl (C=O) groups is 3. The standard InChI is InChI=1S/C20H15FN4O5/c1-29-12-3-2-10-8-25(17(26)13(10)5-12)9-20(18(27)23-19(28)24-20)16-6-14-15(30-16)4-11(21)7-22-14/h2-7H,8-9H2,1H3,(H2,23,24,27,28)/t20-/m0/s1. The molecule has 10 heteroatoms. The van der Waals surface area contributed by atoms with E-state index in [0.717, 1.165) is 17.8 Å². The zero-order valence-electron chi connectivity index (χ0n) is 15.7. The summed E-state index contributed by atoms with van der Waals surface area (Å²) in [7, 11) is 1.50. The first-order chi connectivity index (χ1) is 14.4. The maximum absolute atomic E-state index is 13.5. The molecule has 0 unspecified atom stereocenters. The molecule has 4 amide bonds. The fourth-order valence-corrected chi connectivity index (χ4v) is 3.84. The summed E-state index contributed by atoms with van der Waals surface area (Å²) in [6.07, 6.45) is 1.02. The third-order valence-corrected chi connectivity index (χ3v) is 5.32. The number of pyridine rings is 1. The number of carbonyl (C=O) groups excluding carboxylic acids is 3. The van der Waals surface area contributed by atoms with Crippen molar-refractivity contribution in [1.29, 1.82) is 0 Å². The lowest BCUT2D eigenvalue weighted by Gasteiger charge is -2.28. The van der Waals surface area contributed by atoms with E-state index in [1.165, 1.54) is 18.1 Å². The van der Waals surface area contributed by atoms with Crippen molar-refractivity contribution < 1.29 is 27.9 Å². The van der Waals surface area contributed by atoms with Gasteiger partial charge >= 0.3 is 6.03 Å². The van der Waals surface area contributed by atoms with Crippen LogP contribution in [0.25, 0.3) is 11.1 Å². The zero-order valence-corrected chi connectivity index (χ0v) is 15.7. The predicted molar refractivity (Wildman–Crippen MR) is 100 cm³/mol. The molecular weight excluding hydrogens is 395 g/mol. The topological polar surface area (TPSA) is 114 Å². The van der Waals surface area contributed by atoms with Gasteiger partial charge in [0.05, 0.1) is 19.9 Å². The Kier molecular flexibility index (Phi) is 3.79. The molecule has 1 saturated heterocycles. The molecule has 4 heterocycles. The lowest BCUT2D eigenvalue weighted by molar-refractivity contribution is -0.125. The Hall–Kier alpha value is -3.95. The number of hydrogen-bond acceptors (Lipinski definition) is 6. The van der Waals surface area contributed by atoms with Crippen LogP contribution in [0.2, 0.25) is 0 Å². The van der Waals surface area contributed by atoms with Crippen LogP contribution in [0, 0.1) is 5.82 Å². The van der Waals surface area contributed by atoms with Crippen molar-refractivity contribution in [3.05, 3.63) is 59.2 Å². The number of ether oxygens (including phenoxy) is 1. The second-order valence-corrected chi connectivity index (χ2v) is 7.15. The van der Waals surface area contributed by atoms with E-state index < -0.39 is 23.3 Å². The Labute approximate surface area is 168 Å². The van der Waals surface area contributed by atoms with Crippen LogP contribution in [0.4, 0.5) is 9.18 Å². The van der Waals surface area contributed by atoms with E-state index in [4.69, 9.17) is 9.15 Å². The Bertz CT molecular complexity index is 1240. The molecule has 2 aliphatic rings. The van der Waals surface area contributed by atoms with Gasteiger partial charge < -0.3 is 19.4 Å². The van der Waals surface area contributed by atoms with E-state index in [1.54, 1.807) is 18.2 Å². The van der Waals surface area contributed by atoms with Gasteiger partial charge in [0, 0.05) is 24.2 Å². The Morgan fingerprint density at radius 2 is 2.10 bits per heavy atom. The van der Waals surface area contributed by atoms with Gasteiger partial charge in [-0.15, -0.1) is 0 Å². The van der Waals surface area contributed by atoms with Crippen LogP contribution in [0.5, 0.6) is 5.75 Å². The number of amides is 4. The van der Waals surface area contributed by atoms with Gasteiger partial charge in [-0.2, -0.15) is 0 Å². The smallest absolute Gasteiger partial charge is 0.322 e. The van der Waals surface area contributed by atoms with Crippen molar-refractivity contribution in [2.45, 2.75) is 12.1 Å². The number of halogens is 1. The van der Waals surface area contributed by atoms with Gasteiger partial charge in [0.15, 0.2) is 11.1 Å². The summed E-state index contributed by atoms with van der Waals surface area (Å²) in [4.78, 5) is 43.1. The number of furan rings is 1. The van der Waals surface area contributed by atoms with Crippen LogP contribution < -0.4 is 15.4 Å². The van der Waals surface area contributed by atoms with Crippen molar-refractivity contribution in [2.24, 2.45) is 0 Å². The molecule has 2 aromatic heterocycles. The number of benzene rings is 1. The summed E-state index contributed by atoms with van der Waals surface area (Å²) in [6.45, 7) is 0.0683. The largest absolute Gasteiger partial charge is 0.497 e. The maximum atomic E-state index is 13.5. The molecule has 1 aromatic carbocycles. The minimum Gasteiger partial charge on any atom is -0.497 e. The Balaban J connectivity index is 1.55. The molecule has 0 saturated carbocycles. The van der Waals surface area contributed by atoms with E-state index in [1.807, 2.05) is 0 Å². The molecule has 152 valence electrons. The van der Waals surface area contributed by atoms with Crippen LogP contribution in [-0.4, -0.2) is 41.4 Å². The van der Waals surface area contributed by atoms with Gasteiger partial charge in [0.25, 0.3) is 11.8 Å². The normalized spacial score (nSPS) is 20.5. The van der Waals surface area contributed by atoms with E-state index in [0.29, 0.717) is 16.8 Å². The number of urea groups is 1. The first-order valence-electron chi connectivity index (χ1n) is 9.05. The number of aromatic nitrogens is 1. The van der Waals surface area contributed by atoms with E-state index >= 15 is 0 Å². The van der Waals surface area contributed by atoms with Crippen LogP contribution in [0.1, 0.15) is 21.7 Å². The molecule has 9 nitrogen and oxygen atoms in total. The third kappa shape index (κ3) is 2.60. The number of hydrogen-bond donors (Lipinski definition) is 2. The summed E-state index contributed by atoms with van der Waals surface area (Å²) >= 11 is 0. The second kappa shape index (κ2) is 6.28. The third-order valence-electron chi connectivity index (χ3n) is 5.32. The van der Waals surface area contributed by atoms with Crippen LogP contribution in [0.15, 0.2) is 40.9 Å². The molecule has 0 spiro atoms. The number of nitrogens with zero attached hydrogens (tertiary/aromatic N) is 2. The van der Waals surface area contributed by atoms with Gasteiger partial charge in [0.1, 0.15) is 22.8 Å². The SMILES string of the molecule is COc1ccc2c(c1)C(=O)N(C[C@@]1(c3cc4ncc(F)cc4o3)NC(=O)NC1=O)C2. The summed E-state index contributed by atoms with van der Waals surface area (Å²) < 4.78 is 24.4. The summed E-state index contributed by atoms with van der Waals surface area (Å²) in [5.41, 5.74) is 0.00644. The number of nitrogens with one attached hydrogen (secondary N) is 2. The first-order valence-corrected chi connectivity index (χ1v) is 9.05. The van der Waals surface area contributed by atoms with Crippen molar-refractivity contribution in [2.75, 3.05) is 13.7 Å². The van der Waals surface area contributed by atoms with Gasteiger partial charge in [-0.05, 0) is 17.7 Å². The minimum atomic E-state index is -1.67. The lowest BCUT2D eigenvalue weighted by Crippen LogP contribution is -2.52. The molecule has 30 heavy (non-hydrogen) atoms. The van der Waals surface area contributed by atoms with E-state index in [-0.39, 0.29) is 30.3 Å². The van der Waals surface area contributed by atoms with E-state index in [9.17, 15) is 18.8 Å². The maximum Gasteiger partial charge on any atom is 0.322 e. The highest BCUT2D eigenvalue weighted by Gasteiger charge is 2.53. The highest BCUT2D eigenvalue weighted by atomic mass is 19.1. The molecule has 2 aliphatic heterocycles. The summed E-state index contributed by atoms with van der Waals surface area (Å²) in [5.74, 6) is -0.987. The van der Waals surface area contributed by atoms with Crippen LogP contribution >= 0.6 is 0 Å². The summed E-state index contributed by atoms with van der Waals surface area (Å²) in [5, 5.41) is 4.76. The fraction of sp³-hybridized carbons (Fsp3) is 0.200. The molecule has 0 aliphatic carbocycles. The molecule has 0 radical (unpaired) electrons. The number of rotatable bonds is 4. The number of imide groups is 1. The van der Waals surface area contributed by atoms with Crippen LogP contribution in [0.3, 0.4) is 0 Å². The molecule has 5 rings (SSSR count). The van der Waals surface area contributed by atoms with Gasteiger partial charge in [-0.3, -0.25) is 14.9 Å². The van der Waals surface area contributed by atoms with Crippen LogP contribution in [-0.2, 0) is 16.9 Å². The number of fused-ring (bicyclic) bond motifs is 2. The quantitative estimate of drug-likeness (QED) is 0.633. The van der Waals surface area contributed by atoms with E-state index in [2.05, 4.69) is 15.6 Å².